The van der Waals surface area contributed by atoms with Gasteiger partial charge in [0.2, 0.25) is 0 Å². The molecule has 1 atom stereocenters. The Balaban J connectivity index is 3.30. The maximum Gasteiger partial charge on any atom is 0.0373 e. The molecule has 0 heterocycles. The van der Waals surface area contributed by atoms with Crippen molar-refractivity contribution >= 4 is 10.8 Å². The molecule has 0 N–H and O–H groups in total. The third-order valence-corrected chi connectivity index (χ3v) is 2.42. The number of nitrogens with zero attached hydrogens (tertiary/aromatic N) is 3. The van der Waals surface area contributed by atoms with Gasteiger partial charge in [0.1, 0.15) is 0 Å². The Bertz CT molecular complexity index is 153. The van der Waals surface area contributed by atoms with Crippen LogP contribution in [0, 0.1) is 0 Å². The zero-order chi connectivity index (χ0) is 7.82. The maximum absolute atomic E-state index is 10.8. The van der Waals surface area contributed by atoms with Crippen molar-refractivity contribution in [3.05, 3.63) is 10.4 Å². The first-order valence-corrected chi connectivity index (χ1v) is 4.66. The van der Waals surface area contributed by atoms with Crippen LogP contribution in [-0.2, 0) is 10.8 Å². The molecular formula is C5H11N3OS. The fourth-order valence-electron chi connectivity index (χ4n) is 0.517. The second-order valence-electron chi connectivity index (χ2n) is 1.80. The summed E-state index contributed by atoms with van der Waals surface area (Å²) in [6.07, 6.45) is 0.920. The molecule has 0 fully saturated rings. The Morgan fingerprint density at radius 3 is 2.80 bits per heavy atom. The molecule has 0 aliphatic heterocycles. The molecule has 0 aromatic carbocycles. The van der Waals surface area contributed by atoms with Gasteiger partial charge in [-0.3, -0.25) is 4.21 Å². The van der Waals surface area contributed by atoms with Gasteiger partial charge < -0.3 is 0 Å². The summed E-state index contributed by atoms with van der Waals surface area (Å²) in [7, 11) is -0.786. The van der Waals surface area contributed by atoms with E-state index in [1.165, 1.54) is 0 Å². The lowest BCUT2D eigenvalue weighted by atomic mass is 10.6. The normalized spacial score (nSPS) is 12.1. The predicted octanol–water partition coefficient (Wildman–Crippen LogP) is 1.46. The Labute approximate surface area is 62.7 Å². The Hall–Kier alpha value is -0.540. The highest BCUT2D eigenvalue weighted by Gasteiger charge is 1.94. The van der Waals surface area contributed by atoms with Crippen LogP contribution < -0.4 is 0 Å². The van der Waals surface area contributed by atoms with Crippen molar-refractivity contribution in [2.45, 2.75) is 13.3 Å². The molecule has 0 saturated heterocycles. The SMILES string of the molecule is CCCS(=O)CCN=[N+]=[N-]. The van der Waals surface area contributed by atoms with Crippen LogP contribution in [-0.4, -0.2) is 22.3 Å². The van der Waals surface area contributed by atoms with E-state index in [0.717, 1.165) is 6.42 Å². The molecule has 0 rings (SSSR count). The van der Waals surface area contributed by atoms with Gasteiger partial charge in [-0.1, -0.05) is 12.0 Å². The second-order valence-corrected chi connectivity index (χ2v) is 3.50. The molecule has 5 heteroatoms. The van der Waals surface area contributed by atoms with Crippen molar-refractivity contribution in [3.63, 3.8) is 0 Å². The van der Waals surface area contributed by atoms with E-state index in [9.17, 15) is 4.21 Å². The van der Waals surface area contributed by atoms with Crippen LogP contribution in [0.25, 0.3) is 10.4 Å². The Morgan fingerprint density at radius 1 is 1.60 bits per heavy atom. The summed E-state index contributed by atoms with van der Waals surface area (Å²) in [5.41, 5.74) is 7.87. The molecule has 0 saturated carbocycles. The third kappa shape index (κ3) is 5.59. The van der Waals surface area contributed by atoms with Gasteiger partial charge in [0.25, 0.3) is 0 Å². The number of hydrogen-bond donors (Lipinski definition) is 0. The van der Waals surface area contributed by atoms with E-state index in [1.54, 1.807) is 0 Å². The van der Waals surface area contributed by atoms with E-state index in [2.05, 4.69) is 10.0 Å². The Morgan fingerprint density at radius 2 is 2.30 bits per heavy atom. The van der Waals surface area contributed by atoms with Gasteiger partial charge in [-0.05, 0) is 12.0 Å². The monoisotopic (exact) mass is 161 g/mol. The lowest BCUT2D eigenvalue weighted by molar-refractivity contribution is 0.681. The molecule has 10 heavy (non-hydrogen) atoms. The average Bonchev–Trinajstić information content (AvgIpc) is 1.89. The summed E-state index contributed by atoms with van der Waals surface area (Å²) in [4.78, 5) is 2.56. The van der Waals surface area contributed by atoms with Gasteiger partial charge in [-0.2, -0.15) is 0 Å². The van der Waals surface area contributed by atoms with Gasteiger partial charge in [0.05, 0.1) is 0 Å². The highest BCUT2D eigenvalue weighted by atomic mass is 32.2. The highest BCUT2D eigenvalue weighted by molar-refractivity contribution is 7.84. The molecule has 4 nitrogen and oxygen atoms in total. The molecule has 0 aliphatic rings. The molecule has 0 radical (unpaired) electrons. The van der Waals surface area contributed by atoms with Crippen molar-refractivity contribution in [1.82, 2.24) is 0 Å². The summed E-state index contributed by atoms with van der Waals surface area (Å²) in [6.45, 7) is 2.33. The van der Waals surface area contributed by atoms with E-state index < -0.39 is 10.8 Å². The Kier molecular flexibility index (Phi) is 6.22. The van der Waals surface area contributed by atoms with E-state index in [0.29, 0.717) is 18.1 Å². The highest BCUT2D eigenvalue weighted by Crippen LogP contribution is 1.86. The summed E-state index contributed by atoms with van der Waals surface area (Å²) >= 11 is 0. The first-order valence-electron chi connectivity index (χ1n) is 3.17. The largest absolute Gasteiger partial charge is 0.260 e. The summed E-state index contributed by atoms with van der Waals surface area (Å²) in [5.74, 6) is 1.21. The van der Waals surface area contributed by atoms with Crippen LogP contribution in [0.1, 0.15) is 13.3 Å². The van der Waals surface area contributed by atoms with Crippen molar-refractivity contribution in [2.24, 2.45) is 5.11 Å². The molecule has 0 aliphatic carbocycles. The topological polar surface area (TPSA) is 65.8 Å². The van der Waals surface area contributed by atoms with Crippen molar-refractivity contribution in [1.29, 1.82) is 0 Å². The zero-order valence-electron chi connectivity index (χ0n) is 5.99. The number of hydrogen-bond acceptors (Lipinski definition) is 2. The molecule has 1 unspecified atom stereocenters. The second kappa shape index (κ2) is 6.58. The maximum atomic E-state index is 10.8. The van der Waals surface area contributed by atoms with Crippen molar-refractivity contribution < 1.29 is 4.21 Å². The molecule has 0 aromatic rings. The van der Waals surface area contributed by atoms with Gasteiger partial charge in [0.15, 0.2) is 0 Å². The minimum absolute atomic E-state index is 0.350. The fraction of sp³-hybridized carbons (Fsp3) is 1.00. The van der Waals surface area contributed by atoms with E-state index in [-0.39, 0.29) is 0 Å². The zero-order valence-corrected chi connectivity index (χ0v) is 6.80. The van der Waals surface area contributed by atoms with Gasteiger partial charge in [-0.15, -0.1) is 0 Å². The predicted molar refractivity (Wildman–Crippen MR) is 42.2 cm³/mol. The lowest BCUT2D eigenvalue weighted by Gasteiger charge is -1.93. The van der Waals surface area contributed by atoms with Gasteiger partial charge in [-0.25, -0.2) is 0 Å². The molecule has 0 spiro atoms. The summed E-state index contributed by atoms with van der Waals surface area (Å²) in [5, 5.41) is 3.28. The van der Waals surface area contributed by atoms with Crippen molar-refractivity contribution in [3.8, 4) is 0 Å². The molecule has 0 aromatic heterocycles. The van der Waals surface area contributed by atoms with E-state index in [4.69, 9.17) is 5.53 Å². The number of azide groups is 1. The van der Waals surface area contributed by atoms with E-state index in [1.807, 2.05) is 6.92 Å². The minimum atomic E-state index is -0.786. The fourth-order valence-corrected chi connectivity index (χ4v) is 1.46. The van der Waals surface area contributed by atoms with Crippen LogP contribution in [0.4, 0.5) is 0 Å². The summed E-state index contributed by atoms with van der Waals surface area (Å²) in [6, 6.07) is 0. The quantitative estimate of drug-likeness (QED) is 0.342. The van der Waals surface area contributed by atoms with Gasteiger partial charge >= 0.3 is 0 Å². The van der Waals surface area contributed by atoms with E-state index >= 15 is 0 Å². The standard InChI is InChI=1S/C5H11N3OS/c1-2-4-10(9)5-3-7-8-6/h2-5H2,1H3. The van der Waals surface area contributed by atoms with Crippen LogP contribution in [0.15, 0.2) is 5.11 Å². The average molecular weight is 161 g/mol. The van der Waals surface area contributed by atoms with Gasteiger partial charge in [0, 0.05) is 33.8 Å². The van der Waals surface area contributed by atoms with Crippen molar-refractivity contribution in [2.75, 3.05) is 18.1 Å². The first kappa shape index (κ1) is 9.46. The van der Waals surface area contributed by atoms with Crippen LogP contribution in [0.3, 0.4) is 0 Å². The number of rotatable bonds is 5. The lowest BCUT2D eigenvalue weighted by Crippen LogP contribution is -2.03. The first-order chi connectivity index (χ1) is 4.81. The third-order valence-electron chi connectivity index (χ3n) is 0.914. The molecule has 0 bridgehead atoms. The summed E-state index contributed by atoms with van der Waals surface area (Å²) < 4.78 is 10.8. The van der Waals surface area contributed by atoms with Crippen LogP contribution in [0.5, 0.6) is 0 Å². The van der Waals surface area contributed by atoms with Crippen LogP contribution >= 0.6 is 0 Å². The minimum Gasteiger partial charge on any atom is -0.260 e. The molecule has 0 amide bonds. The molecule has 58 valence electrons. The van der Waals surface area contributed by atoms with Crippen LogP contribution in [0.2, 0.25) is 0 Å². The molecular weight excluding hydrogens is 150 g/mol. The smallest absolute Gasteiger partial charge is 0.0373 e.